The zero-order valence-corrected chi connectivity index (χ0v) is 11.1. The molecule has 0 atom stereocenters. The molecule has 0 amide bonds. The molecule has 0 unspecified atom stereocenters. The number of benzene rings is 2. The van der Waals surface area contributed by atoms with E-state index >= 15 is 0 Å². The lowest BCUT2D eigenvalue weighted by Gasteiger charge is -2.03. The molecule has 1 aliphatic rings. The standard InChI is InChI=1S/C17H11NO3/c18-8-9-20-13-6-7-14-15(11-13)21-16(17(14)19)10-12-4-2-1-3-5-12/h1-7,10-11H,9H2/b16-10-. The van der Waals surface area contributed by atoms with Gasteiger partial charge in [-0.15, -0.1) is 0 Å². The predicted octanol–water partition coefficient (Wildman–Crippen LogP) is 3.21. The molecule has 2 aromatic rings. The van der Waals surface area contributed by atoms with Crippen molar-refractivity contribution in [2.75, 3.05) is 6.61 Å². The van der Waals surface area contributed by atoms with Gasteiger partial charge in [-0.3, -0.25) is 4.79 Å². The van der Waals surface area contributed by atoms with Crippen LogP contribution in [0.4, 0.5) is 0 Å². The second kappa shape index (κ2) is 5.51. The van der Waals surface area contributed by atoms with Gasteiger partial charge in [0.15, 0.2) is 12.4 Å². The van der Waals surface area contributed by atoms with E-state index in [0.717, 1.165) is 5.56 Å². The van der Waals surface area contributed by atoms with Gasteiger partial charge in [-0.05, 0) is 23.8 Å². The van der Waals surface area contributed by atoms with E-state index in [4.69, 9.17) is 14.7 Å². The fraction of sp³-hybridized carbons (Fsp3) is 0.0588. The van der Waals surface area contributed by atoms with Crippen LogP contribution < -0.4 is 9.47 Å². The van der Waals surface area contributed by atoms with E-state index in [0.29, 0.717) is 17.1 Å². The molecule has 21 heavy (non-hydrogen) atoms. The summed E-state index contributed by atoms with van der Waals surface area (Å²) in [5.74, 6) is 1.09. The Kier molecular flexibility index (Phi) is 3.40. The van der Waals surface area contributed by atoms with Gasteiger partial charge in [0.2, 0.25) is 5.78 Å². The molecule has 102 valence electrons. The number of nitrogens with zero attached hydrogens (tertiary/aromatic N) is 1. The lowest BCUT2D eigenvalue weighted by Crippen LogP contribution is -1.97. The third-order valence-electron chi connectivity index (χ3n) is 3.04. The maximum Gasteiger partial charge on any atom is 0.231 e. The van der Waals surface area contributed by atoms with Crippen molar-refractivity contribution in [2.24, 2.45) is 0 Å². The number of ether oxygens (including phenoxy) is 2. The molecular formula is C17H11NO3. The first kappa shape index (κ1) is 12.9. The summed E-state index contributed by atoms with van der Waals surface area (Å²) < 4.78 is 10.8. The molecule has 0 aromatic heterocycles. The molecule has 0 N–H and O–H groups in total. The molecule has 0 radical (unpaired) electrons. The maximum absolute atomic E-state index is 12.2. The molecule has 4 nitrogen and oxygen atoms in total. The highest BCUT2D eigenvalue weighted by Gasteiger charge is 2.27. The number of hydrogen-bond acceptors (Lipinski definition) is 4. The summed E-state index contributed by atoms with van der Waals surface area (Å²) in [4.78, 5) is 12.2. The Balaban J connectivity index is 1.88. The highest BCUT2D eigenvalue weighted by molar-refractivity contribution is 6.14. The second-order valence-corrected chi connectivity index (χ2v) is 4.46. The van der Waals surface area contributed by atoms with Crippen molar-refractivity contribution >= 4 is 11.9 Å². The first-order valence-electron chi connectivity index (χ1n) is 6.41. The number of fused-ring (bicyclic) bond motifs is 1. The molecule has 0 fully saturated rings. The molecule has 0 aliphatic carbocycles. The van der Waals surface area contributed by atoms with E-state index < -0.39 is 0 Å². The first-order chi connectivity index (χ1) is 10.3. The summed E-state index contributed by atoms with van der Waals surface area (Å²) in [5.41, 5.74) is 1.40. The summed E-state index contributed by atoms with van der Waals surface area (Å²) in [6.45, 7) is -0.0422. The van der Waals surface area contributed by atoms with Crippen molar-refractivity contribution in [3.8, 4) is 17.6 Å². The number of allylic oxidation sites excluding steroid dienone is 1. The van der Waals surface area contributed by atoms with Gasteiger partial charge in [0, 0.05) is 6.07 Å². The van der Waals surface area contributed by atoms with Gasteiger partial charge in [-0.1, -0.05) is 30.3 Å². The Morgan fingerprint density at radius 3 is 2.76 bits per heavy atom. The van der Waals surface area contributed by atoms with Crippen LogP contribution in [-0.4, -0.2) is 12.4 Å². The third-order valence-corrected chi connectivity index (χ3v) is 3.04. The van der Waals surface area contributed by atoms with Crippen molar-refractivity contribution in [3.63, 3.8) is 0 Å². The predicted molar refractivity (Wildman–Crippen MR) is 76.9 cm³/mol. The van der Waals surface area contributed by atoms with Gasteiger partial charge in [-0.2, -0.15) is 5.26 Å². The topological polar surface area (TPSA) is 59.3 Å². The Bertz CT molecular complexity index is 757. The summed E-state index contributed by atoms with van der Waals surface area (Å²) >= 11 is 0. The van der Waals surface area contributed by atoms with E-state index in [-0.39, 0.29) is 18.1 Å². The number of hydrogen-bond donors (Lipinski definition) is 0. The van der Waals surface area contributed by atoms with Crippen molar-refractivity contribution in [1.29, 1.82) is 5.26 Å². The fourth-order valence-corrected chi connectivity index (χ4v) is 2.07. The molecular weight excluding hydrogens is 266 g/mol. The number of Topliss-reactive ketones (excluding diaryl/α,β-unsaturated/α-hetero) is 1. The molecule has 0 spiro atoms. The Labute approximate surface area is 121 Å². The van der Waals surface area contributed by atoms with Crippen LogP contribution in [0.5, 0.6) is 11.5 Å². The summed E-state index contributed by atoms with van der Waals surface area (Å²) in [5, 5.41) is 8.50. The Morgan fingerprint density at radius 1 is 1.19 bits per heavy atom. The van der Waals surface area contributed by atoms with Gasteiger partial charge in [-0.25, -0.2) is 0 Å². The van der Waals surface area contributed by atoms with Gasteiger partial charge in [0.25, 0.3) is 0 Å². The minimum Gasteiger partial charge on any atom is -0.479 e. The van der Waals surface area contributed by atoms with Crippen LogP contribution in [-0.2, 0) is 0 Å². The van der Waals surface area contributed by atoms with E-state index in [1.807, 2.05) is 36.4 Å². The van der Waals surface area contributed by atoms with E-state index in [9.17, 15) is 4.79 Å². The van der Waals surface area contributed by atoms with Crippen LogP contribution in [0.2, 0.25) is 0 Å². The van der Waals surface area contributed by atoms with Crippen molar-refractivity contribution in [3.05, 3.63) is 65.4 Å². The number of nitriles is 1. The monoisotopic (exact) mass is 277 g/mol. The minimum atomic E-state index is -0.152. The summed E-state index contributed by atoms with van der Waals surface area (Å²) in [7, 11) is 0. The molecule has 0 bridgehead atoms. The molecule has 0 saturated heterocycles. The van der Waals surface area contributed by atoms with Crippen LogP contribution >= 0.6 is 0 Å². The Morgan fingerprint density at radius 2 is 2.00 bits per heavy atom. The summed E-state index contributed by atoms with van der Waals surface area (Å²) in [6.07, 6.45) is 1.71. The fourth-order valence-electron chi connectivity index (χ4n) is 2.07. The van der Waals surface area contributed by atoms with E-state index in [2.05, 4.69) is 0 Å². The highest BCUT2D eigenvalue weighted by Crippen LogP contribution is 2.34. The SMILES string of the molecule is N#CCOc1ccc2c(c1)O/C(=C\c1ccccc1)C2=O. The molecule has 1 aliphatic heterocycles. The van der Waals surface area contributed by atoms with Crippen LogP contribution in [0.25, 0.3) is 6.08 Å². The van der Waals surface area contributed by atoms with Crippen LogP contribution in [0.3, 0.4) is 0 Å². The molecule has 4 heteroatoms. The van der Waals surface area contributed by atoms with Crippen LogP contribution in [0, 0.1) is 11.3 Å². The largest absolute Gasteiger partial charge is 0.479 e. The third kappa shape index (κ3) is 2.63. The minimum absolute atomic E-state index is 0.0422. The van der Waals surface area contributed by atoms with Crippen molar-refractivity contribution < 1.29 is 14.3 Å². The maximum atomic E-state index is 12.2. The average molecular weight is 277 g/mol. The highest BCUT2D eigenvalue weighted by atomic mass is 16.5. The average Bonchev–Trinajstić information content (AvgIpc) is 2.82. The Hall–Kier alpha value is -3.06. The lowest BCUT2D eigenvalue weighted by molar-refractivity contribution is 0.101. The van der Waals surface area contributed by atoms with Crippen LogP contribution in [0.1, 0.15) is 15.9 Å². The van der Waals surface area contributed by atoms with Gasteiger partial charge in [0.05, 0.1) is 5.56 Å². The smallest absolute Gasteiger partial charge is 0.231 e. The zero-order valence-electron chi connectivity index (χ0n) is 11.1. The number of rotatable bonds is 3. The lowest BCUT2D eigenvalue weighted by atomic mass is 10.1. The molecule has 3 rings (SSSR count). The number of ketones is 1. The number of carbonyl (C=O) groups is 1. The van der Waals surface area contributed by atoms with E-state index in [1.54, 1.807) is 24.3 Å². The van der Waals surface area contributed by atoms with E-state index in [1.165, 1.54) is 0 Å². The van der Waals surface area contributed by atoms with Crippen molar-refractivity contribution in [2.45, 2.75) is 0 Å². The first-order valence-corrected chi connectivity index (χ1v) is 6.41. The number of carbonyl (C=O) groups excluding carboxylic acids is 1. The molecule has 1 heterocycles. The molecule has 0 saturated carbocycles. The second-order valence-electron chi connectivity index (χ2n) is 4.46. The normalized spacial score (nSPS) is 14.4. The van der Waals surface area contributed by atoms with Gasteiger partial charge >= 0.3 is 0 Å². The molecule has 2 aromatic carbocycles. The van der Waals surface area contributed by atoms with Crippen LogP contribution in [0.15, 0.2) is 54.3 Å². The summed E-state index contributed by atoms with van der Waals surface area (Å²) in [6, 6.07) is 16.3. The zero-order chi connectivity index (χ0) is 14.7. The van der Waals surface area contributed by atoms with Gasteiger partial charge in [0.1, 0.15) is 17.6 Å². The van der Waals surface area contributed by atoms with Crippen molar-refractivity contribution in [1.82, 2.24) is 0 Å². The quantitative estimate of drug-likeness (QED) is 0.808. The van der Waals surface area contributed by atoms with Gasteiger partial charge < -0.3 is 9.47 Å².